The highest BCUT2D eigenvalue weighted by atomic mass is 32.1. The molecule has 0 unspecified atom stereocenters. The number of rotatable bonds is 0. The number of fused-ring (bicyclic) bond motifs is 4. The summed E-state index contributed by atoms with van der Waals surface area (Å²) in [6, 6.07) is 6.18. The summed E-state index contributed by atoms with van der Waals surface area (Å²) in [6.45, 7) is 26.0. The zero-order valence-electron chi connectivity index (χ0n) is 30.7. The van der Waals surface area contributed by atoms with Gasteiger partial charge in [-0.2, -0.15) is 5.10 Å². The molecule has 0 atom stereocenters. The number of allylic oxidation sites excluding steroid dienone is 2. The van der Waals surface area contributed by atoms with E-state index in [9.17, 15) is 4.79 Å². The molecule has 0 aromatic carbocycles. The van der Waals surface area contributed by atoms with Crippen LogP contribution in [0.15, 0.2) is 53.9 Å². The lowest BCUT2D eigenvalue weighted by Gasteiger charge is -2.18. The normalized spacial score (nSPS) is 14.1. The second-order valence-corrected chi connectivity index (χ2v) is 20.2. The molecule has 260 valence electrons. The van der Waals surface area contributed by atoms with Crippen molar-refractivity contribution in [3.8, 4) is 0 Å². The van der Waals surface area contributed by atoms with E-state index in [-0.39, 0.29) is 22.2 Å². The van der Waals surface area contributed by atoms with E-state index in [1.165, 1.54) is 15.4 Å². The largest absolute Gasteiger partial charge is 0.284 e. The molecule has 0 N–H and O–H groups in total. The van der Waals surface area contributed by atoms with Gasteiger partial charge >= 0.3 is 0 Å². The third kappa shape index (κ3) is 8.74. The molecule has 0 fully saturated rings. The maximum Gasteiger partial charge on any atom is 0.258 e. The van der Waals surface area contributed by atoms with E-state index in [1.54, 1.807) is 49.7 Å². The van der Waals surface area contributed by atoms with Crippen molar-refractivity contribution in [1.82, 2.24) is 29.1 Å². The summed E-state index contributed by atoms with van der Waals surface area (Å²) in [7, 11) is 0. The van der Waals surface area contributed by atoms with Crippen LogP contribution < -0.4 is 0 Å². The lowest BCUT2D eigenvalue weighted by molar-refractivity contribution is 0.0941. The number of imidazole rings is 1. The lowest BCUT2D eigenvalue weighted by atomic mass is 9.86. The number of carbonyl (C=O) groups is 1. The molecular formula is C38H48N6OS4. The number of hydrogen-bond donors (Lipinski definition) is 0. The number of thiophene rings is 1. The number of carbonyl (C=O) groups excluding carboxylic acids is 1. The van der Waals surface area contributed by atoms with Crippen molar-refractivity contribution in [2.75, 3.05) is 0 Å². The standard InChI is InChI=1S/C11H13NO.C11H14S.C8H11N3S.C8H10N2S2/c1-11(2,3)9-7-8-5-4-6-12(8)10(9)13;1-11(2,3)10-7-8-5-4-6-9(8)12-10;1-8(2,3)6-10-11-5-4-9-7(11)12-6;1-8(2,3)7-10-6-5(12-7)9-4-11-6/h4-7H,1-3H3;4-5,7H,6H2,1-3H3;4-5H,1-3H3;4H,1-3H3. The number of nitrogens with zero attached hydrogens (tertiary/aromatic N) is 6. The smallest absolute Gasteiger partial charge is 0.258 e. The molecule has 6 aromatic heterocycles. The molecule has 11 heteroatoms. The topological polar surface area (TPSA) is 78.0 Å². The van der Waals surface area contributed by atoms with Gasteiger partial charge in [-0.15, -0.1) is 22.7 Å². The van der Waals surface area contributed by atoms with Crippen molar-refractivity contribution in [3.05, 3.63) is 85.0 Å². The average molecular weight is 733 g/mol. The summed E-state index contributed by atoms with van der Waals surface area (Å²) in [5.74, 6) is 0.118. The van der Waals surface area contributed by atoms with Crippen LogP contribution >= 0.6 is 45.3 Å². The monoisotopic (exact) mass is 732 g/mol. The first-order valence-electron chi connectivity index (χ1n) is 16.5. The summed E-state index contributed by atoms with van der Waals surface area (Å²) < 4.78 is 3.52. The van der Waals surface area contributed by atoms with Gasteiger partial charge in [-0.3, -0.25) is 9.36 Å². The SMILES string of the molecule is CC(C)(C)C1=Cc2cccn2C1=O.CC(C)(C)c1cc2c(s1)CC=C2.CC(C)(C)c1nc2scnc2s1.CC(C)(C)c1nn2ccnc2s1. The third-order valence-electron chi connectivity index (χ3n) is 7.68. The van der Waals surface area contributed by atoms with E-state index in [4.69, 9.17) is 0 Å². The molecule has 0 radical (unpaired) electrons. The minimum atomic E-state index is -0.0594. The Bertz CT molecular complexity index is 1980. The summed E-state index contributed by atoms with van der Waals surface area (Å²) in [6.07, 6.45) is 13.1. The molecular weight excluding hydrogens is 685 g/mol. The van der Waals surface area contributed by atoms with Gasteiger partial charge in [0.25, 0.3) is 5.91 Å². The van der Waals surface area contributed by atoms with E-state index < -0.39 is 0 Å². The summed E-state index contributed by atoms with van der Waals surface area (Å²) in [5, 5.41) is 6.72. The van der Waals surface area contributed by atoms with Gasteiger partial charge < -0.3 is 0 Å². The van der Waals surface area contributed by atoms with Gasteiger partial charge in [0.15, 0.2) is 9.66 Å². The minimum absolute atomic E-state index is 0.0594. The first kappa shape index (κ1) is 37.0. The van der Waals surface area contributed by atoms with Crippen LogP contribution in [0.3, 0.4) is 0 Å². The van der Waals surface area contributed by atoms with Crippen LogP contribution in [0.5, 0.6) is 0 Å². The van der Waals surface area contributed by atoms with Crippen LogP contribution in [0.25, 0.3) is 26.8 Å². The lowest BCUT2D eigenvalue weighted by Crippen LogP contribution is -2.18. The quantitative estimate of drug-likeness (QED) is 0.155. The maximum absolute atomic E-state index is 11.8. The molecule has 6 aromatic rings. The summed E-state index contributed by atoms with van der Waals surface area (Å²) in [5.41, 5.74) is 5.73. The molecule has 0 bridgehead atoms. The molecule has 49 heavy (non-hydrogen) atoms. The van der Waals surface area contributed by atoms with Crippen molar-refractivity contribution in [1.29, 1.82) is 0 Å². The van der Waals surface area contributed by atoms with Gasteiger partial charge in [-0.25, -0.2) is 19.5 Å². The van der Waals surface area contributed by atoms with Crippen LogP contribution in [0.4, 0.5) is 0 Å². The Kier molecular flexibility index (Phi) is 10.4. The Morgan fingerprint density at radius 3 is 2.06 bits per heavy atom. The fourth-order valence-electron chi connectivity index (χ4n) is 4.82. The van der Waals surface area contributed by atoms with E-state index in [1.807, 2.05) is 52.0 Å². The van der Waals surface area contributed by atoms with Crippen LogP contribution in [0, 0.1) is 5.41 Å². The van der Waals surface area contributed by atoms with E-state index in [2.05, 4.69) is 121 Å². The second-order valence-electron chi connectivity index (χ2n) is 16.3. The van der Waals surface area contributed by atoms with Gasteiger partial charge in [-0.1, -0.05) is 118 Å². The molecule has 2 aliphatic rings. The number of hydrogen-bond acceptors (Lipinski definition) is 9. The Morgan fingerprint density at radius 1 is 0.776 bits per heavy atom. The predicted octanol–water partition coefficient (Wildman–Crippen LogP) is 11.3. The molecule has 0 amide bonds. The Balaban J connectivity index is 0.000000127. The average Bonchev–Trinajstić information content (AvgIpc) is 3.77. The van der Waals surface area contributed by atoms with E-state index in [0.29, 0.717) is 5.41 Å². The molecule has 0 spiro atoms. The van der Waals surface area contributed by atoms with Gasteiger partial charge in [0.2, 0.25) is 4.96 Å². The van der Waals surface area contributed by atoms with Crippen molar-refractivity contribution in [2.24, 2.45) is 5.41 Å². The second kappa shape index (κ2) is 13.8. The van der Waals surface area contributed by atoms with Gasteiger partial charge in [0.1, 0.15) is 10.0 Å². The summed E-state index contributed by atoms with van der Waals surface area (Å²) >= 11 is 6.93. The molecule has 1 aliphatic heterocycles. The number of aromatic nitrogens is 6. The first-order valence-corrected chi connectivity index (χ1v) is 19.8. The molecule has 7 nitrogen and oxygen atoms in total. The van der Waals surface area contributed by atoms with Crippen LogP contribution in [0.2, 0.25) is 0 Å². The molecule has 0 saturated carbocycles. The Hall–Kier alpha value is -3.25. The van der Waals surface area contributed by atoms with Crippen LogP contribution in [-0.2, 0) is 22.7 Å². The van der Waals surface area contributed by atoms with Gasteiger partial charge in [0, 0.05) is 50.7 Å². The molecule has 1 aliphatic carbocycles. The van der Waals surface area contributed by atoms with Crippen molar-refractivity contribution < 1.29 is 4.79 Å². The van der Waals surface area contributed by atoms with E-state index in [0.717, 1.165) is 37.3 Å². The van der Waals surface area contributed by atoms with Crippen molar-refractivity contribution in [3.63, 3.8) is 0 Å². The predicted molar refractivity (Wildman–Crippen MR) is 212 cm³/mol. The number of thiazole rings is 2. The Morgan fingerprint density at radius 2 is 1.49 bits per heavy atom. The zero-order chi connectivity index (χ0) is 35.9. The van der Waals surface area contributed by atoms with Crippen LogP contribution in [-0.4, -0.2) is 35.0 Å². The molecule has 0 saturated heterocycles. The molecule has 8 rings (SSSR count). The summed E-state index contributed by atoms with van der Waals surface area (Å²) in [4.78, 5) is 30.9. The van der Waals surface area contributed by atoms with Gasteiger partial charge in [-0.05, 0) is 40.7 Å². The minimum Gasteiger partial charge on any atom is -0.284 e. The highest BCUT2D eigenvalue weighted by Gasteiger charge is 2.30. The van der Waals surface area contributed by atoms with Gasteiger partial charge in [0.05, 0.1) is 11.7 Å². The van der Waals surface area contributed by atoms with Crippen molar-refractivity contribution >= 4 is 78.0 Å². The fraction of sp³-hybridized carbons (Fsp3) is 0.447. The maximum atomic E-state index is 11.8. The zero-order valence-corrected chi connectivity index (χ0v) is 34.0. The highest BCUT2D eigenvalue weighted by Crippen LogP contribution is 2.36. The fourth-order valence-corrected chi connectivity index (χ4v) is 8.73. The van der Waals surface area contributed by atoms with E-state index >= 15 is 0 Å². The van der Waals surface area contributed by atoms with Crippen molar-refractivity contribution in [2.45, 2.75) is 106 Å². The Labute approximate surface area is 306 Å². The highest BCUT2D eigenvalue weighted by molar-refractivity contribution is 7.25. The molecule has 7 heterocycles. The first-order chi connectivity index (χ1) is 22.7. The third-order valence-corrected chi connectivity index (χ3v) is 12.9. The van der Waals surface area contributed by atoms with Crippen LogP contribution in [0.1, 0.15) is 119 Å².